The van der Waals surface area contributed by atoms with Crippen molar-refractivity contribution >= 4 is 93.4 Å². The molecule has 1 aromatic heterocycles. The first-order valence-electron chi connectivity index (χ1n) is 30.5. The average molecular weight is 1320 g/mol. The number of carbonyl (C=O) groups excluding carboxylic acids is 11. The zero-order valence-corrected chi connectivity index (χ0v) is 52.7. The van der Waals surface area contributed by atoms with Gasteiger partial charge in [-0.2, -0.15) is 0 Å². The van der Waals surface area contributed by atoms with Crippen molar-refractivity contribution in [2.45, 2.75) is 132 Å². The summed E-state index contributed by atoms with van der Waals surface area (Å²) in [5.41, 5.74) is 23.8. The Morgan fingerprint density at radius 1 is 0.596 bits per heavy atom. The summed E-state index contributed by atoms with van der Waals surface area (Å²) in [4.78, 5) is 161. The zero-order chi connectivity index (χ0) is 68.4. The molecule has 0 bridgehead atoms. The van der Waals surface area contributed by atoms with Gasteiger partial charge in [-0.15, -0.1) is 0 Å². The first-order valence-corrected chi connectivity index (χ1v) is 30.8. The molecule has 2 heterocycles. The van der Waals surface area contributed by atoms with E-state index in [1.165, 1.54) is 55.4 Å². The van der Waals surface area contributed by atoms with Gasteiger partial charge < -0.3 is 85.9 Å². The summed E-state index contributed by atoms with van der Waals surface area (Å²) in [6, 6.07) is 14.9. The van der Waals surface area contributed by atoms with E-state index in [-0.39, 0.29) is 89.1 Å². The number of pyridine rings is 1. The highest BCUT2D eigenvalue weighted by atomic mass is 35.5. The predicted octanol–water partition coefficient (Wildman–Crippen LogP) is -1.25. The standard InChI is InChI=1S/C64H81ClN16O13/c1-36(54(66)85)73-61(92)53-14-8-28-81(53)62(93)47(13-7-26-71-63(67)68)76-55(86)46(12-6-27-72-64(69)94)75-57(88)49(31-39-18-23-45(84)24-19-39)79-60(91)52(35-82)80-59(90)51(33-41-9-5-25-70-34-41)78-58(89)50(30-38-16-21-44(65)22-17-38)77-56(87)48(74-37(2)83)32-40-15-20-42-10-3-4-11-43(42)29-40/h3-5,9-11,15-25,29,34,36,46-53,82,84H,6-8,12-14,26-28,30-33,35H2,1-2H3,(H2,66,85)(H,73,92)(H,74,83)(H,75,88)(H,76,86)(H,77,87)(H,78,89)(H,79,91)(H,80,90)(H4,67,68,71)(H3,69,72,94)/t36-,46-,47+,48-,49+,50-,51-,52+,53+/m1/s1. The van der Waals surface area contributed by atoms with Gasteiger partial charge in [0.25, 0.3) is 0 Å². The number of nitrogens with one attached hydrogen (secondary N) is 9. The Hall–Kier alpha value is -10.4. The fourth-order valence-corrected chi connectivity index (χ4v) is 10.5. The van der Waals surface area contributed by atoms with Gasteiger partial charge in [0, 0.05) is 69.7 Å². The van der Waals surface area contributed by atoms with Crippen molar-refractivity contribution < 1.29 is 63.0 Å². The second kappa shape index (κ2) is 36.0. The van der Waals surface area contributed by atoms with E-state index < -0.39 is 126 Å². The highest BCUT2D eigenvalue weighted by Gasteiger charge is 2.40. The van der Waals surface area contributed by atoms with E-state index in [0.29, 0.717) is 33.7 Å². The zero-order valence-electron chi connectivity index (χ0n) is 52.0. The molecule has 0 spiro atoms. The number of aliphatic hydroxyl groups is 1. The van der Waals surface area contributed by atoms with Gasteiger partial charge in [0.05, 0.1) is 6.61 Å². The third-order valence-electron chi connectivity index (χ3n) is 15.3. The molecule has 502 valence electrons. The number of nitrogens with zero attached hydrogens (tertiary/aromatic N) is 3. The number of phenols is 1. The number of nitrogens with two attached hydrogens (primary N) is 4. The molecule has 1 fully saturated rings. The molecule has 9 atom stereocenters. The number of primary amides is 2. The number of hydrogen-bond acceptors (Lipinski definition) is 15. The minimum Gasteiger partial charge on any atom is -0.508 e. The number of aromatic nitrogens is 1. The molecular formula is C64H81ClN16O13. The van der Waals surface area contributed by atoms with Crippen LogP contribution in [0.2, 0.25) is 5.02 Å². The van der Waals surface area contributed by atoms with Crippen molar-refractivity contribution in [3.05, 3.63) is 143 Å². The lowest BCUT2D eigenvalue weighted by atomic mass is 9.99. The normalized spacial score (nSPS) is 15.1. The van der Waals surface area contributed by atoms with E-state index in [1.807, 2.05) is 42.5 Å². The summed E-state index contributed by atoms with van der Waals surface area (Å²) in [7, 11) is 0. The van der Waals surface area contributed by atoms with Crippen LogP contribution in [-0.4, -0.2) is 172 Å². The number of urea groups is 1. The molecule has 0 aliphatic carbocycles. The lowest BCUT2D eigenvalue weighted by Crippen LogP contribution is -2.61. The predicted molar refractivity (Wildman–Crippen MR) is 347 cm³/mol. The Balaban J connectivity index is 1.26. The molecule has 29 nitrogen and oxygen atoms in total. The van der Waals surface area contributed by atoms with Gasteiger partial charge in [-0.25, -0.2) is 4.79 Å². The van der Waals surface area contributed by atoms with Gasteiger partial charge in [-0.05, 0) is 109 Å². The van der Waals surface area contributed by atoms with E-state index in [9.17, 15) is 63.0 Å². The van der Waals surface area contributed by atoms with Crippen LogP contribution >= 0.6 is 11.6 Å². The first kappa shape index (κ1) is 72.6. The van der Waals surface area contributed by atoms with E-state index in [0.717, 1.165) is 10.8 Å². The molecule has 0 saturated carbocycles. The molecule has 6 rings (SSSR count). The van der Waals surface area contributed by atoms with Crippen LogP contribution in [0.5, 0.6) is 5.75 Å². The topological polar surface area (TPSA) is 469 Å². The highest BCUT2D eigenvalue weighted by molar-refractivity contribution is 6.30. The lowest BCUT2D eigenvalue weighted by Gasteiger charge is -2.30. The minimum absolute atomic E-state index is 0.0130. The van der Waals surface area contributed by atoms with Crippen LogP contribution in [0, 0.1) is 0 Å². The quantitative estimate of drug-likeness (QED) is 0.0130. The number of aliphatic hydroxyl groups excluding tert-OH is 1. The largest absolute Gasteiger partial charge is 0.508 e. The van der Waals surface area contributed by atoms with Crippen molar-refractivity contribution in [1.29, 1.82) is 0 Å². The second-order valence-electron chi connectivity index (χ2n) is 22.7. The average Bonchev–Trinajstić information content (AvgIpc) is 1.48. The summed E-state index contributed by atoms with van der Waals surface area (Å²) in [6.07, 6.45) is 2.68. The summed E-state index contributed by atoms with van der Waals surface area (Å²) in [5, 5.41) is 46.6. The number of likely N-dealkylation sites (tertiary alicyclic amines) is 1. The van der Waals surface area contributed by atoms with Gasteiger partial charge in [-0.3, -0.25) is 57.9 Å². The Morgan fingerprint density at radius 3 is 1.67 bits per heavy atom. The summed E-state index contributed by atoms with van der Waals surface area (Å²) in [6.45, 7) is 1.59. The summed E-state index contributed by atoms with van der Waals surface area (Å²) in [5.74, 6) is -8.73. The number of aliphatic imine (C=N–C) groups is 1. The third-order valence-corrected chi connectivity index (χ3v) is 15.6. The summed E-state index contributed by atoms with van der Waals surface area (Å²) >= 11 is 6.21. The first-order chi connectivity index (χ1) is 44.9. The van der Waals surface area contributed by atoms with Crippen LogP contribution in [0.3, 0.4) is 0 Å². The van der Waals surface area contributed by atoms with Crippen molar-refractivity contribution in [3.8, 4) is 5.75 Å². The number of carbonyl (C=O) groups is 11. The van der Waals surface area contributed by atoms with Crippen LogP contribution in [0.15, 0.2) is 121 Å². The highest BCUT2D eigenvalue weighted by Crippen LogP contribution is 2.22. The van der Waals surface area contributed by atoms with E-state index in [2.05, 4.69) is 57.8 Å². The van der Waals surface area contributed by atoms with Crippen LogP contribution in [0.25, 0.3) is 10.8 Å². The monoisotopic (exact) mass is 1320 g/mol. The number of halogens is 1. The number of phenolic OH excluding ortho intramolecular Hbond substituents is 1. The molecule has 1 aliphatic heterocycles. The Morgan fingerprint density at radius 2 is 1.11 bits per heavy atom. The second-order valence-corrected chi connectivity index (χ2v) is 23.1. The molecule has 0 radical (unpaired) electrons. The number of benzene rings is 4. The number of rotatable bonds is 34. The van der Waals surface area contributed by atoms with E-state index >= 15 is 0 Å². The summed E-state index contributed by atoms with van der Waals surface area (Å²) < 4.78 is 0. The maximum atomic E-state index is 14.8. The van der Waals surface area contributed by atoms with Crippen molar-refractivity contribution in [1.82, 2.24) is 57.7 Å². The van der Waals surface area contributed by atoms with Crippen molar-refractivity contribution in [3.63, 3.8) is 0 Å². The maximum absolute atomic E-state index is 14.8. The Kier molecular flexibility index (Phi) is 27.8. The van der Waals surface area contributed by atoms with Gasteiger partial charge in [0.1, 0.15) is 60.1 Å². The molecule has 12 amide bonds. The Bertz CT molecular complexity index is 3510. The van der Waals surface area contributed by atoms with Gasteiger partial charge in [0.15, 0.2) is 5.96 Å². The molecule has 1 saturated heterocycles. The van der Waals surface area contributed by atoms with Gasteiger partial charge in [0.2, 0.25) is 59.1 Å². The number of hydrogen-bond donors (Lipinski definition) is 15. The maximum Gasteiger partial charge on any atom is 0.312 e. The SMILES string of the molecule is CC(=O)N[C@H](Cc1ccc2ccccc2c1)C(=O)N[C@H](Cc1ccc(Cl)cc1)C(=O)N[C@H](Cc1cccnc1)C(=O)N[C@@H](CO)C(=O)N[C@@H](Cc1ccc(O)cc1)C(=O)N[C@H](CCCNC(N)=O)C(=O)N[C@@H](CCCN=C(N)N)C(=O)N1CCC[C@H]1C(=O)N[C@H](C)C(N)=O. The molecule has 30 heteroatoms. The van der Waals surface area contributed by atoms with Crippen molar-refractivity contribution in [2.75, 3.05) is 26.2 Å². The number of aromatic hydroxyl groups is 1. The molecule has 0 unspecified atom stereocenters. The van der Waals surface area contributed by atoms with Crippen LogP contribution < -0.4 is 70.8 Å². The Labute approximate surface area is 547 Å². The van der Waals surface area contributed by atoms with Crippen LogP contribution in [0.4, 0.5) is 4.79 Å². The van der Waals surface area contributed by atoms with Crippen molar-refractivity contribution in [2.24, 2.45) is 27.9 Å². The van der Waals surface area contributed by atoms with Gasteiger partial charge in [-0.1, -0.05) is 84.4 Å². The number of fused-ring (bicyclic) bond motifs is 1. The molecule has 1 aliphatic rings. The molecular weight excluding hydrogens is 1240 g/mol. The van der Waals surface area contributed by atoms with E-state index in [1.54, 1.807) is 36.4 Å². The number of amides is 12. The smallest absolute Gasteiger partial charge is 0.312 e. The lowest BCUT2D eigenvalue weighted by molar-refractivity contribution is -0.142. The third kappa shape index (κ3) is 23.1. The van der Waals surface area contributed by atoms with Crippen LogP contribution in [-0.2, 0) is 73.6 Å². The molecule has 5 aromatic rings. The fraction of sp³-hybridized carbons (Fsp3) is 0.391. The molecule has 4 aromatic carbocycles. The number of guanidine groups is 1. The molecule has 19 N–H and O–H groups in total. The van der Waals surface area contributed by atoms with Crippen LogP contribution in [0.1, 0.15) is 74.6 Å². The van der Waals surface area contributed by atoms with E-state index in [4.69, 9.17) is 34.5 Å². The molecule has 94 heavy (non-hydrogen) atoms. The fourth-order valence-electron chi connectivity index (χ4n) is 10.4. The van der Waals surface area contributed by atoms with Gasteiger partial charge >= 0.3 is 6.03 Å². The minimum atomic E-state index is -1.84.